The fraction of sp³-hybridized carbons (Fsp3) is 0.654. The average molecular weight is 379 g/mol. The SMILES string of the molecule is Cc1ccc(C2CC3=CC(=O)CC[C@]3(C)[C@@H]3CC[C@]4(C)C(O)CC[C@H]4[C@H]23)cc1. The highest BCUT2D eigenvalue weighted by atomic mass is 16.3. The molecule has 4 aliphatic rings. The number of aliphatic hydroxyl groups is 1. The van der Waals surface area contributed by atoms with Gasteiger partial charge < -0.3 is 5.11 Å². The van der Waals surface area contributed by atoms with Crippen LogP contribution in [0.3, 0.4) is 0 Å². The Bertz CT molecular complexity index is 821. The van der Waals surface area contributed by atoms with Crippen LogP contribution in [-0.4, -0.2) is 17.0 Å². The van der Waals surface area contributed by atoms with E-state index in [0.29, 0.717) is 35.9 Å². The van der Waals surface area contributed by atoms with Gasteiger partial charge in [0, 0.05) is 6.42 Å². The van der Waals surface area contributed by atoms with Gasteiger partial charge in [-0.1, -0.05) is 49.2 Å². The van der Waals surface area contributed by atoms with Crippen LogP contribution in [0, 0.1) is 35.5 Å². The van der Waals surface area contributed by atoms with Crippen LogP contribution < -0.4 is 0 Å². The molecule has 0 aliphatic heterocycles. The third kappa shape index (κ3) is 2.53. The number of aryl methyl sites for hydroxylation is 1. The number of hydrogen-bond acceptors (Lipinski definition) is 2. The van der Waals surface area contributed by atoms with E-state index in [4.69, 9.17) is 0 Å². The molecule has 150 valence electrons. The zero-order valence-corrected chi connectivity index (χ0v) is 17.6. The maximum Gasteiger partial charge on any atom is 0.155 e. The Morgan fingerprint density at radius 1 is 1.00 bits per heavy atom. The molecule has 28 heavy (non-hydrogen) atoms. The minimum absolute atomic E-state index is 0.0756. The lowest BCUT2D eigenvalue weighted by molar-refractivity contribution is -0.118. The fourth-order valence-electron chi connectivity index (χ4n) is 7.69. The summed E-state index contributed by atoms with van der Waals surface area (Å²) >= 11 is 0. The third-order valence-electron chi connectivity index (χ3n) is 9.47. The second kappa shape index (κ2) is 6.29. The minimum Gasteiger partial charge on any atom is -0.393 e. The van der Waals surface area contributed by atoms with E-state index >= 15 is 0 Å². The fourth-order valence-corrected chi connectivity index (χ4v) is 7.69. The lowest BCUT2D eigenvalue weighted by Gasteiger charge is -2.60. The van der Waals surface area contributed by atoms with Gasteiger partial charge >= 0.3 is 0 Å². The van der Waals surface area contributed by atoms with E-state index < -0.39 is 0 Å². The number of carbonyl (C=O) groups is 1. The highest BCUT2D eigenvalue weighted by Gasteiger charge is 2.61. The van der Waals surface area contributed by atoms with E-state index in [1.165, 1.54) is 23.1 Å². The number of carbonyl (C=O) groups excluding carboxylic acids is 1. The summed E-state index contributed by atoms with van der Waals surface area (Å²) < 4.78 is 0. The van der Waals surface area contributed by atoms with E-state index in [0.717, 1.165) is 32.1 Å². The van der Waals surface area contributed by atoms with Crippen molar-refractivity contribution in [3.63, 3.8) is 0 Å². The highest BCUT2D eigenvalue weighted by molar-refractivity contribution is 5.91. The van der Waals surface area contributed by atoms with Crippen molar-refractivity contribution in [3.05, 3.63) is 47.0 Å². The minimum atomic E-state index is -0.144. The van der Waals surface area contributed by atoms with Gasteiger partial charge in [0.15, 0.2) is 5.78 Å². The molecule has 3 fully saturated rings. The Labute approximate surface area is 169 Å². The summed E-state index contributed by atoms with van der Waals surface area (Å²) in [4.78, 5) is 12.3. The molecule has 0 radical (unpaired) electrons. The number of allylic oxidation sites excluding steroid dienone is 1. The topological polar surface area (TPSA) is 37.3 Å². The first-order valence-corrected chi connectivity index (χ1v) is 11.3. The number of ketones is 1. The van der Waals surface area contributed by atoms with Crippen molar-refractivity contribution in [2.75, 3.05) is 0 Å². The van der Waals surface area contributed by atoms with Crippen molar-refractivity contribution in [2.24, 2.45) is 28.6 Å². The molecule has 2 unspecified atom stereocenters. The van der Waals surface area contributed by atoms with Crippen molar-refractivity contribution in [3.8, 4) is 0 Å². The van der Waals surface area contributed by atoms with E-state index in [-0.39, 0.29) is 16.9 Å². The van der Waals surface area contributed by atoms with Gasteiger partial charge in [-0.05, 0) is 91.6 Å². The van der Waals surface area contributed by atoms with Crippen molar-refractivity contribution >= 4 is 5.78 Å². The summed E-state index contributed by atoms with van der Waals surface area (Å²) in [5.41, 5.74) is 4.41. The van der Waals surface area contributed by atoms with Crippen LogP contribution >= 0.6 is 0 Å². The normalized spacial score (nSPS) is 45.1. The number of aliphatic hydroxyl groups excluding tert-OH is 1. The van der Waals surface area contributed by atoms with Gasteiger partial charge in [-0.2, -0.15) is 0 Å². The van der Waals surface area contributed by atoms with Crippen molar-refractivity contribution < 1.29 is 9.90 Å². The average Bonchev–Trinajstić information content (AvgIpc) is 2.98. The lowest BCUT2D eigenvalue weighted by atomic mass is 9.44. The summed E-state index contributed by atoms with van der Waals surface area (Å²) in [6.45, 7) is 6.95. The smallest absolute Gasteiger partial charge is 0.155 e. The van der Waals surface area contributed by atoms with Gasteiger partial charge in [-0.3, -0.25) is 4.79 Å². The number of hydrogen-bond donors (Lipinski definition) is 1. The first-order chi connectivity index (χ1) is 13.3. The first kappa shape index (κ1) is 18.6. The van der Waals surface area contributed by atoms with Crippen LogP contribution in [0.2, 0.25) is 0 Å². The Morgan fingerprint density at radius 3 is 2.50 bits per heavy atom. The molecule has 5 rings (SSSR count). The zero-order chi connectivity index (χ0) is 19.7. The molecule has 0 aromatic heterocycles. The maximum absolute atomic E-state index is 12.3. The molecule has 1 N–H and O–H groups in total. The molecule has 2 heteroatoms. The van der Waals surface area contributed by atoms with E-state index in [9.17, 15) is 9.90 Å². The van der Waals surface area contributed by atoms with Crippen LogP contribution in [0.1, 0.15) is 75.8 Å². The molecule has 3 saturated carbocycles. The predicted octanol–water partition coefficient (Wildman–Crippen LogP) is 5.58. The summed E-state index contributed by atoms with van der Waals surface area (Å²) in [6, 6.07) is 9.12. The molecule has 0 heterocycles. The molecule has 4 aliphatic carbocycles. The van der Waals surface area contributed by atoms with Crippen LogP contribution in [0.4, 0.5) is 0 Å². The molecule has 0 amide bonds. The Hall–Kier alpha value is -1.41. The Kier molecular flexibility index (Phi) is 4.18. The van der Waals surface area contributed by atoms with Crippen molar-refractivity contribution in [1.29, 1.82) is 0 Å². The van der Waals surface area contributed by atoms with E-state index in [1.807, 2.05) is 6.08 Å². The number of benzene rings is 1. The van der Waals surface area contributed by atoms with E-state index in [1.54, 1.807) is 0 Å². The van der Waals surface area contributed by atoms with Crippen molar-refractivity contribution in [1.82, 2.24) is 0 Å². The summed E-state index contributed by atoms with van der Waals surface area (Å²) in [7, 11) is 0. The molecule has 1 aromatic rings. The first-order valence-electron chi connectivity index (χ1n) is 11.3. The molecular formula is C26H34O2. The lowest BCUT2D eigenvalue weighted by Crippen LogP contribution is -2.53. The largest absolute Gasteiger partial charge is 0.393 e. The molecule has 7 atom stereocenters. The Balaban J connectivity index is 1.63. The zero-order valence-electron chi connectivity index (χ0n) is 17.6. The standard InChI is InChI=1S/C26H34O2/c1-16-4-6-17(7-5-16)20-15-18-14-19(27)10-12-25(18,2)22-11-13-26(3)21(24(20)22)8-9-23(26)28/h4-7,14,20-24,28H,8-13,15H2,1-3H3/t20?,21-,22+,23?,24-,25-,26-/m0/s1. The summed E-state index contributed by atoms with van der Waals surface area (Å²) in [6.07, 6.45) is 9.08. The number of fused-ring (bicyclic) bond motifs is 5. The molecule has 0 bridgehead atoms. The van der Waals surface area contributed by atoms with Gasteiger partial charge in [0.25, 0.3) is 0 Å². The quantitative estimate of drug-likeness (QED) is 0.692. The van der Waals surface area contributed by atoms with Gasteiger partial charge in [-0.25, -0.2) is 0 Å². The monoisotopic (exact) mass is 378 g/mol. The molecule has 0 saturated heterocycles. The highest BCUT2D eigenvalue weighted by Crippen LogP contribution is 2.68. The van der Waals surface area contributed by atoms with Crippen LogP contribution in [0.25, 0.3) is 0 Å². The summed E-state index contributed by atoms with van der Waals surface area (Å²) in [5.74, 6) is 2.66. The number of rotatable bonds is 1. The predicted molar refractivity (Wildman–Crippen MR) is 112 cm³/mol. The molecule has 2 nitrogen and oxygen atoms in total. The second-order valence-electron chi connectivity index (χ2n) is 10.7. The van der Waals surface area contributed by atoms with Gasteiger partial charge in [0.05, 0.1) is 6.10 Å². The van der Waals surface area contributed by atoms with Gasteiger partial charge in [-0.15, -0.1) is 0 Å². The summed E-state index contributed by atoms with van der Waals surface area (Å²) in [5, 5.41) is 10.8. The van der Waals surface area contributed by atoms with Crippen molar-refractivity contribution in [2.45, 2.75) is 77.7 Å². The molecular weight excluding hydrogens is 344 g/mol. The van der Waals surface area contributed by atoms with Crippen LogP contribution in [0.15, 0.2) is 35.9 Å². The Morgan fingerprint density at radius 2 is 1.75 bits per heavy atom. The third-order valence-corrected chi connectivity index (χ3v) is 9.47. The van der Waals surface area contributed by atoms with Crippen LogP contribution in [-0.2, 0) is 4.79 Å². The van der Waals surface area contributed by atoms with Gasteiger partial charge in [0.1, 0.15) is 0 Å². The van der Waals surface area contributed by atoms with E-state index in [2.05, 4.69) is 45.0 Å². The molecule has 1 aromatic carbocycles. The van der Waals surface area contributed by atoms with Crippen LogP contribution in [0.5, 0.6) is 0 Å². The second-order valence-corrected chi connectivity index (χ2v) is 10.7. The molecule has 0 spiro atoms. The van der Waals surface area contributed by atoms with Gasteiger partial charge in [0.2, 0.25) is 0 Å². The maximum atomic E-state index is 12.3.